The first-order chi connectivity index (χ1) is 8.33. The van der Waals surface area contributed by atoms with Crippen molar-refractivity contribution in [2.45, 2.75) is 31.8 Å². The Labute approximate surface area is 105 Å². The van der Waals surface area contributed by atoms with Crippen molar-refractivity contribution >= 4 is 17.8 Å². The Balaban J connectivity index is 2.38. The number of hydrogen-bond donors (Lipinski definition) is 3. The van der Waals surface area contributed by atoms with Gasteiger partial charge in [-0.3, -0.25) is 9.59 Å². The number of likely N-dealkylation sites (tertiary alicyclic amines) is 1. The Hall–Kier alpha value is -1.63. The summed E-state index contributed by atoms with van der Waals surface area (Å²) in [6.45, 7) is 1.17. The number of carbonyl (C=O) groups excluding carboxylic acids is 2. The van der Waals surface area contributed by atoms with Gasteiger partial charge in [0.25, 0.3) is 0 Å². The fourth-order valence-electron chi connectivity index (χ4n) is 1.60. The molecule has 1 aliphatic rings. The van der Waals surface area contributed by atoms with Crippen LogP contribution in [0.25, 0.3) is 0 Å². The predicted molar refractivity (Wildman–Crippen MR) is 61.7 cm³/mol. The molecule has 1 unspecified atom stereocenters. The highest BCUT2D eigenvalue weighted by atomic mass is 16.4. The smallest absolute Gasteiger partial charge is 0.337 e. The van der Waals surface area contributed by atoms with Crippen LogP contribution in [0.5, 0.6) is 0 Å². The maximum atomic E-state index is 11.5. The van der Waals surface area contributed by atoms with E-state index in [1.165, 1.54) is 4.90 Å². The maximum absolute atomic E-state index is 11.5. The van der Waals surface area contributed by atoms with Gasteiger partial charge in [-0.15, -0.1) is 0 Å². The molecule has 102 valence electrons. The highest BCUT2D eigenvalue weighted by Crippen LogP contribution is 2.09. The van der Waals surface area contributed by atoms with E-state index >= 15 is 0 Å². The van der Waals surface area contributed by atoms with Crippen LogP contribution in [0.1, 0.15) is 26.2 Å². The van der Waals surface area contributed by atoms with Gasteiger partial charge in [0.05, 0.1) is 13.1 Å². The lowest BCUT2D eigenvalue weighted by Crippen LogP contribution is -2.49. The highest BCUT2D eigenvalue weighted by Gasteiger charge is 2.30. The van der Waals surface area contributed by atoms with Crippen LogP contribution in [0, 0.1) is 0 Å². The van der Waals surface area contributed by atoms with Gasteiger partial charge in [0.2, 0.25) is 11.8 Å². The number of rotatable bonds is 5. The van der Waals surface area contributed by atoms with Crippen molar-refractivity contribution in [3.05, 3.63) is 0 Å². The molecule has 0 spiro atoms. The van der Waals surface area contributed by atoms with Crippen LogP contribution < -0.4 is 5.32 Å². The first-order valence-electron chi connectivity index (χ1n) is 5.83. The van der Waals surface area contributed by atoms with Crippen LogP contribution in [0.3, 0.4) is 0 Å². The number of nitrogens with zero attached hydrogens (tertiary/aromatic N) is 1. The summed E-state index contributed by atoms with van der Waals surface area (Å²) in [5.41, 5.74) is -2.00. The van der Waals surface area contributed by atoms with E-state index < -0.39 is 17.5 Å². The zero-order valence-electron chi connectivity index (χ0n) is 10.3. The molecule has 0 aromatic heterocycles. The minimum Gasteiger partial charge on any atom is -0.479 e. The highest BCUT2D eigenvalue weighted by molar-refractivity contribution is 5.85. The Morgan fingerprint density at radius 1 is 1.44 bits per heavy atom. The molecule has 1 aliphatic heterocycles. The number of piperidine rings is 1. The normalized spacial score (nSPS) is 19.2. The summed E-state index contributed by atoms with van der Waals surface area (Å²) in [5.74, 6) is -1.94. The quantitative estimate of drug-likeness (QED) is 0.583. The van der Waals surface area contributed by atoms with E-state index in [0.717, 1.165) is 19.8 Å². The monoisotopic (exact) mass is 258 g/mol. The molecule has 7 heteroatoms. The summed E-state index contributed by atoms with van der Waals surface area (Å²) in [5, 5.41) is 20.4. The number of aliphatic hydroxyl groups is 1. The van der Waals surface area contributed by atoms with Crippen LogP contribution in [0.15, 0.2) is 0 Å². The number of carbonyl (C=O) groups is 3. The molecule has 0 bridgehead atoms. The van der Waals surface area contributed by atoms with Gasteiger partial charge >= 0.3 is 5.97 Å². The fraction of sp³-hybridized carbons (Fsp3) is 0.727. The molecule has 2 amide bonds. The van der Waals surface area contributed by atoms with Gasteiger partial charge in [-0.25, -0.2) is 4.79 Å². The van der Waals surface area contributed by atoms with E-state index in [2.05, 4.69) is 5.32 Å². The minimum atomic E-state index is -2.00. The summed E-state index contributed by atoms with van der Waals surface area (Å²) in [4.78, 5) is 35.0. The average molecular weight is 258 g/mol. The second-order valence-corrected chi connectivity index (χ2v) is 4.63. The number of carboxylic acid groups (broad SMARTS) is 1. The van der Waals surface area contributed by atoms with Crippen molar-refractivity contribution in [2.24, 2.45) is 0 Å². The summed E-state index contributed by atoms with van der Waals surface area (Å²) < 4.78 is 0. The van der Waals surface area contributed by atoms with E-state index in [4.69, 9.17) is 5.11 Å². The molecular formula is C11H18N2O5. The van der Waals surface area contributed by atoms with Crippen LogP contribution in [0.4, 0.5) is 0 Å². The van der Waals surface area contributed by atoms with Gasteiger partial charge in [0, 0.05) is 13.0 Å². The first-order valence-corrected chi connectivity index (χ1v) is 5.83. The zero-order chi connectivity index (χ0) is 13.8. The minimum absolute atomic E-state index is 0.0682. The van der Waals surface area contributed by atoms with E-state index in [1.807, 2.05) is 0 Å². The van der Waals surface area contributed by atoms with Crippen LogP contribution in [-0.2, 0) is 14.4 Å². The Kier molecular flexibility index (Phi) is 4.66. The zero-order valence-corrected chi connectivity index (χ0v) is 10.3. The van der Waals surface area contributed by atoms with Crippen molar-refractivity contribution in [2.75, 3.05) is 19.6 Å². The number of hydrogen-bond acceptors (Lipinski definition) is 4. The van der Waals surface area contributed by atoms with Gasteiger partial charge in [0.1, 0.15) is 0 Å². The second kappa shape index (κ2) is 5.81. The Bertz CT molecular complexity index is 353. The van der Waals surface area contributed by atoms with E-state index in [-0.39, 0.29) is 19.0 Å². The van der Waals surface area contributed by atoms with Gasteiger partial charge in [0.15, 0.2) is 5.60 Å². The third-order valence-electron chi connectivity index (χ3n) is 2.85. The average Bonchev–Trinajstić information content (AvgIpc) is 2.29. The van der Waals surface area contributed by atoms with Crippen molar-refractivity contribution in [1.82, 2.24) is 10.2 Å². The SMILES string of the molecule is CC(O)(CNC(=O)CN1CCCCC1=O)C(=O)O. The number of carboxylic acids is 1. The molecule has 0 saturated carbocycles. The summed E-state index contributed by atoms with van der Waals surface area (Å²) >= 11 is 0. The Morgan fingerprint density at radius 3 is 2.67 bits per heavy atom. The summed E-state index contributed by atoms with van der Waals surface area (Å²) in [6.07, 6.45) is 2.15. The topological polar surface area (TPSA) is 107 Å². The molecule has 1 fully saturated rings. The van der Waals surface area contributed by atoms with Crippen molar-refractivity contribution in [3.63, 3.8) is 0 Å². The molecule has 1 rings (SSSR count). The lowest BCUT2D eigenvalue weighted by atomic mass is 10.1. The summed E-state index contributed by atoms with van der Waals surface area (Å²) in [7, 11) is 0. The lowest BCUT2D eigenvalue weighted by molar-refractivity contribution is -0.156. The molecule has 0 aromatic rings. The van der Waals surface area contributed by atoms with Gasteiger partial charge in [-0.2, -0.15) is 0 Å². The molecule has 1 saturated heterocycles. The van der Waals surface area contributed by atoms with Crippen molar-refractivity contribution in [1.29, 1.82) is 0 Å². The van der Waals surface area contributed by atoms with Gasteiger partial charge in [-0.1, -0.05) is 0 Å². The van der Waals surface area contributed by atoms with Crippen molar-refractivity contribution < 1.29 is 24.6 Å². The number of amides is 2. The largest absolute Gasteiger partial charge is 0.479 e. The molecule has 0 aromatic carbocycles. The molecule has 18 heavy (non-hydrogen) atoms. The van der Waals surface area contributed by atoms with Gasteiger partial charge < -0.3 is 20.4 Å². The first kappa shape index (κ1) is 14.4. The molecule has 0 aliphatic carbocycles. The maximum Gasteiger partial charge on any atom is 0.337 e. The number of aliphatic carboxylic acids is 1. The van der Waals surface area contributed by atoms with Crippen LogP contribution in [0.2, 0.25) is 0 Å². The fourth-order valence-corrected chi connectivity index (χ4v) is 1.60. The molecular weight excluding hydrogens is 240 g/mol. The molecule has 3 N–H and O–H groups in total. The van der Waals surface area contributed by atoms with E-state index in [0.29, 0.717) is 13.0 Å². The number of nitrogens with one attached hydrogen (secondary N) is 1. The van der Waals surface area contributed by atoms with E-state index in [9.17, 15) is 19.5 Å². The van der Waals surface area contributed by atoms with Crippen molar-refractivity contribution in [3.8, 4) is 0 Å². The third-order valence-corrected chi connectivity index (χ3v) is 2.85. The second-order valence-electron chi connectivity index (χ2n) is 4.63. The lowest BCUT2D eigenvalue weighted by Gasteiger charge is -2.26. The third kappa shape index (κ3) is 3.99. The molecule has 7 nitrogen and oxygen atoms in total. The Morgan fingerprint density at radius 2 is 2.11 bits per heavy atom. The standard InChI is InChI=1S/C11H18N2O5/c1-11(18,10(16)17)7-12-8(14)6-13-5-3-2-4-9(13)15/h18H,2-7H2,1H3,(H,12,14)(H,16,17). The summed E-state index contributed by atoms with van der Waals surface area (Å²) in [6, 6.07) is 0. The van der Waals surface area contributed by atoms with Crippen LogP contribution in [-0.4, -0.2) is 58.1 Å². The van der Waals surface area contributed by atoms with Gasteiger partial charge in [-0.05, 0) is 19.8 Å². The predicted octanol–water partition coefficient (Wildman–Crippen LogP) is -1.05. The molecule has 0 radical (unpaired) electrons. The molecule has 1 heterocycles. The molecule has 1 atom stereocenters. The van der Waals surface area contributed by atoms with E-state index in [1.54, 1.807) is 0 Å². The van der Waals surface area contributed by atoms with Crippen LogP contribution >= 0.6 is 0 Å².